The summed E-state index contributed by atoms with van der Waals surface area (Å²) in [7, 11) is 0. The van der Waals surface area contributed by atoms with Crippen LogP contribution in [0.2, 0.25) is 5.02 Å². The fourth-order valence-corrected chi connectivity index (χ4v) is 4.90. The first-order chi connectivity index (χ1) is 16.3. The molecular weight excluding hydrogens is 452 g/mol. The number of anilines is 1. The number of hydrogen-bond acceptors (Lipinski definition) is 4. The van der Waals surface area contributed by atoms with E-state index < -0.39 is 5.54 Å². The Morgan fingerprint density at radius 3 is 2.32 bits per heavy atom. The van der Waals surface area contributed by atoms with E-state index in [1.54, 1.807) is 34.1 Å². The maximum Gasteiger partial charge on any atom is 0.253 e. The van der Waals surface area contributed by atoms with Crippen molar-refractivity contribution < 1.29 is 14.4 Å². The van der Waals surface area contributed by atoms with Crippen molar-refractivity contribution in [2.45, 2.75) is 44.7 Å². The smallest absolute Gasteiger partial charge is 0.253 e. The van der Waals surface area contributed by atoms with Gasteiger partial charge in [-0.25, -0.2) is 0 Å². The normalized spacial score (nSPS) is 18.3. The van der Waals surface area contributed by atoms with Crippen molar-refractivity contribution in [1.29, 1.82) is 0 Å². The number of carbonyl (C=O) groups excluding carboxylic acids is 3. The standard InChI is InChI=1S/C26H31ClN4O3/c1-3-19(2)28-23(32)17-30-18-31(22-7-5-4-6-8-22)26(25(30)34)13-15-29(16-14-26)24(33)20-9-11-21(27)12-10-20/h4-12,19H,3,13-18H2,1-2H3,(H,28,32). The van der Waals surface area contributed by atoms with Gasteiger partial charge in [-0.15, -0.1) is 0 Å². The van der Waals surface area contributed by atoms with Crippen molar-refractivity contribution in [1.82, 2.24) is 15.1 Å². The minimum Gasteiger partial charge on any atom is -0.352 e. The molecule has 2 heterocycles. The van der Waals surface area contributed by atoms with Crippen LogP contribution >= 0.6 is 11.6 Å². The monoisotopic (exact) mass is 482 g/mol. The number of benzene rings is 2. The third-order valence-electron chi connectivity index (χ3n) is 6.91. The molecule has 0 aromatic heterocycles. The Morgan fingerprint density at radius 1 is 1.06 bits per heavy atom. The quantitative estimate of drug-likeness (QED) is 0.683. The lowest BCUT2D eigenvalue weighted by Crippen LogP contribution is -2.57. The molecule has 1 N–H and O–H groups in total. The lowest BCUT2D eigenvalue weighted by atomic mass is 9.85. The summed E-state index contributed by atoms with van der Waals surface area (Å²) in [5, 5.41) is 3.54. The first kappa shape index (κ1) is 24.1. The summed E-state index contributed by atoms with van der Waals surface area (Å²) in [4.78, 5) is 44.8. The number of likely N-dealkylation sites (tertiary alicyclic amines) is 1. The third-order valence-corrected chi connectivity index (χ3v) is 7.16. The van der Waals surface area contributed by atoms with E-state index >= 15 is 0 Å². The van der Waals surface area contributed by atoms with Crippen LogP contribution in [0, 0.1) is 0 Å². The van der Waals surface area contributed by atoms with E-state index in [1.807, 2.05) is 44.2 Å². The molecule has 4 rings (SSSR count). The van der Waals surface area contributed by atoms with Crippen LogP contribution in [-0.2, 0) is 9.59 Å². The van der Waals surface area contributed by atoms with Crippen LogP contribution in [0.1, 0.15) is 43.5 Å². The first-order valence-electron chi connectivity index (χ1n) is 11.8. The molecule has 0 aliphatic carbocycles. The minimum atomic E-state index is -0.769. The maximum atomic E-state index is 13.7. The van der Waals surface area contributed by atoms with Gasteiger partial charge in [-0.2, -0.15) is 0 Å². The molecule has 1 unspecified atom stereocenters. The van der Waals surface area contributed by atoms with Crippen molar-refractivity contribution in [3.05, 3.63) is 65.2 Å². The summed E-state index contributed by atoms with van der Waals surface area (Å²) in [6.07, 6.45) is 1.84. The van der Waals surface area contributed by atoms with E-state index in [1.165, 1.54) is 0 Å². The molecule has 0 saturated carbocycles. The number of rotatable bonds is 6. The number of hydrogen-bond donors (Lipinski definition) is 1. The SMILES string of the molecule is CCC(C)NC(=O)CN1CN(c2ccccc2)C2(CCN(C(=O)c3ccc(Cl)cc3)CC2)C1=O. The molecule has 2 aliphatic rings. The van der Waals surface area contributed by atoms with Crippen LogP contribution in [0.25, 0.3) is 0 Å². The molecule has 2 fully saturated rings. The zero-order valence-electron chi connectivity index (χ0n) is 19.7. The second-order valence-corrected chi connectivity index (χ2v) is 9.55. The lowest BCUT2D eigenvalue weighted by Gasteiger charge is -2.43. The highest BCUT2D eigenvalue weighted by Crippen LogP contribution is 2.39. The van der Waals surface area contributed by atoms with E-state index in [-0.39, 0.29) is 30.3 Å². The summed E-state index contributed by atoms with van der Waals surface area (Å²) in [6.45, 7) is 5.27. The van der Waals surface area contributed by atoms with E-state index in [2.05, 4.69) is 10.2 Å². The van der Waals surface area contributed by atoms with E-state index in [4.69, 9.17) is 11.6 Å². The van der Waals surface area contributed by atoms with Crippen LogP contribution in [0.5, 0.6) is 0 Å². The van der Waals surface area contributed by atoms with Gasteiger partial charge in [0.2, 0.25) is 5.91 Å². The van der Waals surface area contributed by atoms with Crippen molar-refractivity contribution in [3.63, 3.8) is 0 Å². The molecule has 2 aromatic carbocycles. The van der Waals surface area contributed by atoms with Crippen molar-refractivity contribution in [2.75, 3.05) is 31.2 Å². The Kier molecular flexibility index (Phi) is 7.12. The Morgan fingerprint density at radius 2 is 1.71 bits per heavy atom. The molecule has 2 aliphatic heterocycles. The molecule has 7 nitrogen and oxygen atoms in total. The fourth-order valence-electron chi connectivity index (χ4n) is 4.77. The zero-order chi connectivity index (χ0) is 24.3. The molecular formula is C26H31ClN4O3. The van der Waals surface area contributed by atoms with Crippen LogP contribution < -0.4 is 10.2 Å². The summed E-state index contributed by atoms with van der Waals surface area (Å²) in [5.74, 6) is -0.259. The number of piperidine rings is 1. The lowest BCUT2D eigenvalue weighted by molar-refractivity contribution is -0.137. The van der Waals surface area contributed by atoms with Gasteiger partial charge in [0.25, 0.3) is 11.8 Å². The number of amides is 3. The van der Waals surface area contributed by atoms with Gasteiger partial charge < -0.3 is 20.0 Å². The Balaban J connectivity index is 1.53. The molecule has 34 heavy (non-hydrogen) atoms. The van der Waals surface area contributed by atoms with Gasteiger partial charge in [0.05, 0.1) is 6.67 Å². The largest absolute Gasteiger partial charge is 0.352 e. The summed E-state index contributed by atoms with van der Waals surface area (Å²) >= 11 is 5.96. The van der Waals surface area contributed by atoms with Gasteiger partial charge in [0.15, 0.2) is 0 Å². The summed E-state index contributed by atoms with van der Waals surface area (Å²) in [6, 6.07) is 16.8. The van der Waals surface area contributed by atoms with Crippen molar-refractivity contribution in [2.24, 2.45) is 0 Å². The second-order valence-electron chi connectivity index (χ2n) is 9.12. The highest BCUT2D eigenvalue weighted by Gasteiger charge is 2.54. The van der Waals surface area contributed by atoms with Crippen molar-refractivity contribution >= 4 is 35.0 Å². The van der Waals surface area contributed by atoms with Crippen LogP contribution in [0.3, 0.4) is 0 Å². The van der Waals surface area contributed by atoms with Gasteiger partial charge in [-0.05, 0) is 62.6 Å². The predicted octanol–water partition coefficient (Wildman–Crippen LogP) is 3.54. The maximum absolute atomic E-state index is 13.7. The van der Waals surface area contributed by atoms with Crippen LogP contribution in [-0.4, -0.2) is 65.4 Å². The van der Waals surface area contributed by atoms with Gasteiger partial charge in [-0.3, -0.25) is 14.4 Å². The van der Waals surface area contributed by atoms with E-state index in [0.717, 1.165) is 12.1 Å². The molecule has 3 amide bonds. The van der Waals surface area contributed by atoms with Gasteiger partial charge in [-0.1, -0.05) is 36.7 Å². The first-order valence-corrected chi connectivity index (χ1v) is 12.2. The molecule has 1 spiro atoms. The fraction of sp³-hybridized carbons (Fsp3) is 0.423. The zero-order valence-corrected chi connectivity index (χ0v) is 20.4. The average molecular weight is 483 g/mol. The molecule has 180 valence electrons. The molecule has 2 aromatic rings. The Bertz CT molecular complexity index is 1040. The van der Waals surface area contributed by atoms with Crippen molar-refractivity contribution in [3.8, 4) is 0 Å². The molecule has 0 radical (unpaired) electrons. The second kappa shape index (κ2) is 10.1. The number of nitrogens with one attached hydrogen (secondary N) is 1. The average Bonchev–Trinajstić information content (AvgIpc) is 3.11. The summed E-state index contributed by atoms with van der Waals surface area (Å²) in [5.41, 5.74) is 0.758. The number of carbonyl (C=O) groups is 3. The highest BCUT2D eigenvalue weighted by atomic mass is 35.5. The topological polar surface area (TPSA) is 73.0 Å². The number of para-hydroxylation sites is 1. The van der Waals surface area contributed by atoms with E-state index in [9.17, 15) is 14.4 Å². The third kappa shape index (κ3) is 4.75. The van der Waals surface area contributed by atoms with Gasteiger partial charge in [0, 0.05) is 35.4 Å². The minimum absolute atomic E-state index is 0.0294. The molecule has 8 heteroatoms. The van der Waals surface area contributed by atoms with Gasteiger partial charge >= 0.3 is 0 Å². The summed E-state index contributed by atoms with van der Waals surface area (Å²) < 4.78 is 0. The highest BCUT2D eigenvalue weighted by molar-refractivity contribution is 6.30. The van der Waals surface area contributed by atoms with Crippen LogP contribution in [0.15, 0.2) is 54.6 Å². The molecule has 0 bridgehead atoms. The van der Waals surface area contributed by atoms with E-state index in [0.29, 0.717) is 43.2 Å². The Hall–Kier alpha value is -3.06. The van der Waals surface area contributed by atoms with Crippen LogP contribution in [0.4, 0.5) is 5.69 Å². The van der Waals surface area contributed by atoms with Gasteiger partial charge in [0.1, 0.15) is 12.1 Å². The number of nitrogens with zero attached hydrogens (tertiary/aromatic N) is 3. The molecule has 2 saturated heterocycles. The Labute approximate surface area is 205 Å². The predicted molar refractivity (Wildman–Crippen MR) is 133 cm³/mol. The molecule has 1 atom stereocenters. The number of halogens is 1.